The minimum Gasteiger partial charge on any atom is -0.434 e. The van der Waals surface area contributed by atoms with Crippen molar-refractivity contribution in [3.8, 4) is 5.75 Å². The first kappa shape index (κ1) is 21.7. The van der Waals surface area contributed by atoms with Crippen LogP contribution in [0.4, 0.5) is 8.78 Å². The summed E-state index contributed by atoms with van der Waals surface area (Å²) in [5, 5.41) is 8.93. The van der Waals surface area contributed by atoms with E-state index in [0.717, 1.165) is 5.56 Å². The highest BCUT2D eigenvalue weighted by molar-refractivity contribution is 5.81. The number of hydrogen-bond acceptors (Lipinski definition) is 3. The van der Waals surface area contributed by atoms with Crippen molar-refractivity contribution in [2.45, 2.75) is 40.9 Å². The van der Waals surface area contributed by atoms with Crippen molar-refractivity contribution in [3.05, 3.63) is 29.3 Å². The third kappa shape index (κ3) is 7.67. The Balaban J connectivity index is 2.52. The molecule has 0 aromatic heterocycles. The molecular formula is C18H28F2N4O2. The fourth-order valence-corrected chi connectivity index (χ4v) is 2.08. The van der Waals surface area contributed by atoms with Crippen molar-refractivity contribution in [2.75, 3.05) is 20.1 Å². The highest BCUT2D eigenvalue weighted by atomic mass is 19.3. The van der Waals surface area contributed by atoms with Crippen molar-refractivity contribution in [2.24, 2.45) is 10.4 Å². The van der Waals surface area contributed by atoms with E-state index < -0.39 is 12.0 Å². The molecule has 26 heavy (non-hydrogen) atoms. The van der Waals surface area contributed by atoms with Gasteiger partial charge in [0.1, 0.15) is 5.75 Å². The van der Waals surface area contributed by atoms with E-state index in [2.05, 4.69) is 25.7 Å². The number of halogens is 2. The van der Waals surface area contributed by atoms with E-state index in [1.54, 1.807) is 19.2 Å². The molecule has 0 aliphatic rings. The average molecular weight is 370 g/mol. The topological polar surface area (TPSA) is 74.8 Å². The predicted octanol–water partition coefficient (Wildman–Crippen LogP) is 2.42. The van der Waals surface area contributed by atoms with Gasteiger partial charge in [-0.3, -0.25) is 9.79 Å². The number of benzene rings is 1. The molecule has 0 saturated carbocycles. The largest absolute Gasteiger partial charge is 0.434 e. The molecule has 0 atom stereocenters. The van der Waals surface area contributed by atoms with E-state index in [-0.39, 0.29) is 18.2 Å². The van der Waals surface area contributed by atoms with E-state index in [9.17, 15) is 13.6 Å². The van der Waals surface area contributed by atoms with Crippen molar-refractivity contribution >= 4 is 11.9 Å². The molecule has 0 radical (unpaired) electrons. The van der Waals surface area contributed by atoms with Gasteiger partial charge in [-0.15, -0.1) is 0 Å². The molecule has 1 aromatic rings. The number of guanidine groups is 1. The molecule has 0 saturated heterocycles. The van der Waals surface area contributed by atoms with E-state index in [1.807, 2.05) is 27.7 Å². The smallest absolute Gasteiger partial charge is 0.387 e. The molecule has 0 spiro atoms. The van der Waals surface area contributed by atoms with Gasteiger partial charge in [0.2, 0.25) is 5.91 Å². The summed E-state index contributed by atoms with van der Waals surface area (Å²) >= 11 is 0. The maximum absolute atomic E-state index is 12.5. The molecule has 1 amide bonds. The highest BCUT2D eigenvalue weighted by Gasteiger charge is 2.20. The number of amides is 1. The lowest BCUT2D eigenvalue weighted by Gasteiger charge is -2.18. The molecule has 0 heterocycles. The van der Waals surface area contributed by atoms with Gasteiger partial charge in [0.25, 0.3) is 0 Å². The maximum Gasteiger partial charge on any atom is 0.387 e. The Kier molecular flexibility index (Phi) is 8.28. The number of nitrogens with zero attached hydrogens (tertiary/aromatic N) is 1. The van der Waals surface area contributed by atoms with Crippen LogP contribution in [-0.4, -0.2) is 38.6 Å². The zero-order valence-electron chi connectivity index (χ0n) is 16.0. The number of alkyl halides is 2. The summed E-state index contributed by atoms with van der Waals surface area (Å²) in [4.78, 5) is 15.9. The summed E-state index contributed by atoms with van der Waals surface area (Å²) in [6, 6.07) is 5.02. The summed E-state index contributed by atoms with van der Waals surface area (Å²) in [7, 11) is 1.61. The number of hydrogen-bond donors (Lipinski definition) is 3. The van der Waals surface area contributed by atoms with Crippen LogP contribution in [0.15, 0.2) is 23.2 Å². The molecule has 0 fully saturated rings. The third-order valence-electron chi connectivity index (χ3n) is 3.49. The van der Waals surface area contributed by atoms with Gasteiger partial charge in [0.05, 0.1) is 0 Å². The lowest BCUT2D eigenvalue weighted by atomic mass is 9.96. The minimum absolute atomic E-state index is 0.0317. The molecule has 146 valence electrons. The van der Waals surface area contributed by atoms with Gasteiger partial charge in [-0.2, -0.15) is 8.78 Å². The van der Waals surface area contributed by atoms with Gasteiger partial charge in [-0.05, 0) is 13.0 Å². The minimum atomic E-state index is -2.87. The summed E-state index contributed by atoms with van der Waals surface area (Å²) in [6.07, 6.45) is 0. The van der Waals surface area contributed by atoms with Gasteiger partial charge in [0, 0.05) is 37.7 Å². The summed E-state index contributed by atoms with van der Waals surface area (Å²) < 4.78 is 29.6. The van der Waals surface area contributed by atoms with Crippen LogP contribution in [0, 0.1) is 12.3 Å². The standard InChI is InChI=1S/C18H28F2N4O2/c1-12-6-7-14(26-16(19)20)13(10-12)11-24-17(21-5)23-9-8-22-15(25)18(2,3)4/h6-7,10,16H,8-9,11H2,1-5H3,(H,22,25)(H2,21,23,24). The second-order valence-electron chi connectivity index (χ2n) is 6.85. The Morgan fingerprint density at radius 1 is 1.19 bits per heavy atom. The van der Waals surface area contributed by atoms with Crippen LogP contribution in [0.2, 0.25) is 0 Å². The first-order valence-electron chi connectivity index (χ1n) is 8.40. The second-order valence-corrected chi connectivity index (χ2v) is 6.85. The van der Waals surface area contributed by atoms with Crippen molar-refractivity contribution in [1.29, 1.82) is 0 Å². The van der Waals surface area contributed by atoms with Gasteiger partial charge in [-0.1, -0.05) is 38.5 Å². The molecule has 8 heteroatoms. The van der Waals surface area contributed by atoms with Crippen LogP contribution in [0.5, 0.6) is 5.75 Å². The molecule has 1 aromatic carbocycles. The van der Waals surface area contributed by atoms with Crippen molar-refractivity contribution in [1.82, 2.24) is 16.0 Å². The van der Waals surface area contributed by atoms with Gasteiger partial charge < -0.3 is 20.7 Å². The van der Waals surface area contributed by atoms with E-state index in [1.165, 1.54) is 6.07 Å². The number of ether oxygens (including phenoxy) is 1. The monoisotopic (exact) mass is 370 g/mol. The lowest BCUT2D eigenvalue weighted by Crippen LogP contribution is -2.43. The summed E-state index contributed by atoms with van der Waals surface area (Å²) in [5.74, 6) is 0.598. The van der Waals surface area contributed by atoms with Gasteiger partial charge in [0.15, 0.2) is 5.96 Å². The number of rotatable bonds is 7. The van der Waals surface area contributed by atoms with Crippen LogP contribution in [0.25, 0.3) is 0 Å². The predicted molar refractivity (Wildman–Crippen MR) is 98.5 cm³/mol. The number of carbonyl (C=O) groups is 1. The number of aliphatic imine (C=N–C) groups is 1. The quantitative estimate of drug-likeness (QED) is 0.391. The number of nitrogens with one attached hydrogen (secondary N) is 3. The zero-order valence-corrected chi connectivity index (χ0v) is 16.0. The summed E-state index contributed by atoms with van der Waals surface area (Å²) in [6.45, 7) is 5.74. The fraction of sp³-hybridized carbons (Fsp3) is 0.556. The first-order chi connectivity index (χ1) is 12.1. The molecule has 6 nitrogen and oxygen atoms in total. The van der Waals surface area contributed by atoms with E-state index in [4.69, 9.17) is 0 Å². The maximum atomic E-state index is 12.5. The van der Waals surface area contributed by atoms with Gasteiger partial charge >= 0.3 is 6.61 Å². The molecule has 3 N–H and O–H groups in total. The van der Waals surface area contributed by atoms with Gasteiger partial charge in [-0.25, -0.2) is 0 Å². The van der Waals surface area contributed by atoms with E-state index >= 15 is 0 Å². The van der Waals surface area contributed by atoms with Crippen LogP contribution >= 0.6 is 0 Å². The SMILES string of the molecule is CN=C(NCCNC(=O)C(C)(C)C)NCc1cc(C)ccc1OC(F)F. The Morgan fingerprint density at radius 3 is 2.42 bits per heavy atom. The first-order valence-corrected chi connectivity index (χ1v) is 8.40. The Morgan fingerprint density at radius 2 is 1.85 bits per heavy atom. The second kappa shape index (κ2) is 9.94. The van der Waals surface area contributed by atoms with Crippen LogP contribution in [-0.2, 0) is 11.3 Å². The molecular weight excluding hydrogens is 342 g/mol. The Hall–Kier alpha value is -2.38. The molecule has 0 unspecified atom stereocenters. The van der Waals surface area contributed by atoms with Crippen LogP contribution in [0.1, 0.15) is 31.9 Å². The average Bonchev–Trinajstić information content (AvgIpc) is 2.54. The number of carbonyl (C=O) groups excluding carboxylic acids is 1. The fourth-order valence-electron chi connectivity index (χ4n) is 2.08. The molecule has 1 rings (SSSR count). The number of aryl methyl sites for hydroxylation is 1. The molecule has 0 aliphatic heterocycles. The molecule has 0 bridgehead atoms. The highest BCUT2D eigenvalue weighted by Crippen LogP contribution is 2.21. The molecule has 0 aliphatic carbocycles. The lowest BCUT2D eigenvalue weighted by molar-refractivity contribution is -0.128. The van der Waals surface area contributed by atoms with Crippen LogP contribution < -0.4 is 20.7 Å². The Labute approximate surface area is 153 Å². The zero-order chi connectivity index (χ0) is 19.7. The Bertz CT molecular complexity index is 628. The van der Waals surface area contributed by atoms with Crippen molar-refractivity contribution in [3.63, 3.8) is 0 Å². The van der Waals surface area contributed by atoms with Crippen molar-refractivity contribution < 1.29 is 18.3 Å². The van der Waals surface area contributed by atoms with Crippen LogP contribution in [0.3, 0.4) is 0 Å². The normalized spacial score (nSPS) is 12.1. The van der Waals surface area contributed by atoms with E-state index in [0.29, 0.717) is 24.6 Å². The third-order valence-corrected chi connectivity index (χ3v) is 3.49. The summed E-state index contributed by atoms with van der Waals surface area (Å²) in [5.41, 5.74) is 1.11.